The van der Waals surface area contributed by atoms with Gasteiger partial charge in [-0.05, 0) is 25.5 Å². The number of anilines is 2. The molecule has 24 heavy (non-hydrogen) atoms. The number of nitrogens with one attached hydrogen (secondary N) is 1. The minimum atomic E-state index is -0.159. The van der Waals surface area contributed by atoms with Gasteiger partial charge in [-0.15, -0.1) is 0 Å². The predicted octanol–water partition coefficient (Wildman–Crippen LogP) is 1.92. The van der Waals surface area contributed by atoms with Gasteiger partial charge in [-0.3, -0.25) is 9.69 Å². The predicted molar refractivity (Wildman–Crippen MR) is 92.0 cm³/mol. The molecule has 1 unspecified atom stereocenters. The molecule has 1 aliphatic heterocycles. The summed E-state index contributed by atoms with van der Waals surface area (Å²) in [5.41, 5.74) is 0. The third-order valence-corrected chi connectivity index (χ3v) is 4.30. The number of hydrogen-bond donors (Lipinski definition) is 1. The van der Waals surface area contributed by atoms with Crippen LogP contribution in [0.15, 0.2) is 35.0 Å². The number of piperazine rings is 1. The van der Waals surface area contributed by atoms with Crippen LogP contribution in [0.2, 0.25) is 0 Å². The van der Waals surface area contributed by atoms with Crippen molar-refractivity contribution in [2.75, 3.05) is 36.4 Å². The molecule has 0 bridgehead atoms. The molecule has 1 atom stereocenters. The molecule has 0 saturated carbocycles. The third kappa shape index (κ3) is 3.73. The second-order valence-electron chi connectivity index (χ2n) is 5.95. The zero-order chi connectivity index (χ0) is 16.9. The SMILES string of the molecule is CCC(C(=O)Nc1cc(C)on1)N1CCN(c2ccccn2)CC1. The van der Waals surface area contributed by atoms with Gasteiger partial charge < -0.3 is 14.7 Å². The lowest BCUT2D eigenvalue weighted by atomic mass is 10.1. The van der Waals surface area contributed by atoms with Crippen molar-refractivity contribution in [3.05, 3.63) is 36.2 Å². The van der Waals surface area contributed by atoms with Gasteiger partial charge in [0.15, 0.2) is 5.82 Å². The smallest absolute Gasteiger partial charge is 0.242 e. The first kappa shape index (κ1) is 16.4. The highest BCUT2D eigenvalue weighted by molar-refractivity contribution is 5.94. The summed E-state index contributed by atoms with van der Waals surface area (Å²) in [4.78, 5) is 21.4. The topological polar surface area (TPSA) is 74.5 Å². The summed E-state index contributed by atoms with van der Waals surface area (Å²) in [6.07, 6.45) is 2.57. The summed E-state index contributed by atoms with van der Waals surface area (Å²) in [5.74, 6) is 2.12. The Hall–Kier alpha value is -2.41. The minimum Gasteiger partial charge on any atom is -0.360 e. The summed E-state index contributed by atoms with van der Waals surface area (Å²) in [6.45, 7) is 7.23. The van der Waals surface area contributed by atoms with Gasteiger partial charge in [-0.1, -0.05) is 18.1 Å². The number of carbonyl (C=O) groups excluding carboxylic acids is 1. The quantitative estimate of drug-likeness (QED) is 0.903. The van der Waals surface area contributed by atoms with Crippen LogP contribution >= 0.6 is 0 Å². The maximum atomic E-state index is 12.5. The Bertz CT molecular complexity index is 665. The summed E-state index contributed by atoms with van der Waals surface area (Å²) < 4.78 is 5.00. The van der Waals surface area contributed by atoms with Crippen LogP contribution in [0.4, 0.5) is 11.6 Å². The molecule has 0 aromatic carbocycles. The van der Waals surface area contributed by atoms with Gasteiger partial charge in [-0.25, -0.2) is 4.98 Å². The molecule has 2 aromatic rings. The molecule has 0 radical (unpaired) electrons. The van der Waals surface area contributed by atoms with Gasteiger partial charge in [0.2, 0.25) is 5.91 Å². The molecule has 128 valence electrons. The van der Waals surface area contributed by atoms with E-state index in [-0.39, 0.29) is 11.9 Å². The van der Waals surface area contributed by atoms with E-state index in [1.54, 1.807) is 13.0 Å². The van der Waals surface area contributed by atoms with Crippen LogP contribution in [0.3, 0.4) is 0 Å². The Morgan fingerprint density at radius 3 is 2.71 bits per heavy atom. The summed E-state index contributed by atoms with van der Waals surface area (Å²) in [7, 11) is 0. The van der Waals surface area contributed by atoms with Crippen LogP contribution in [0.1, 0.15) is 19.1 Å². The fourth-order valence-electron chi connectivity index (χ4n) is 3.05. The number of pyridine rings is 1. The molecule has 0 aliphatic carbocycles. The molecule has 7 nitrogen and oxygen atoms in total. The van der Waals surface area contributed by atoms with Gasteiger partial charge in [0.05, 0.1) is 6.04 Å². The van der Waals surface area contributed by atoms with E-state index in [0.717, 1.165) is 38.4 Å². The van der Waals surface area contributed by atoms with Crippen LogP contribution < -0.4 is 10.2 Å². The van der Waals surface area contributed by atoms with Gasteiger partial charge in [0.25, 0.3) is 0 Å². The maximum Gasteiger partial charge on any atom is 0.242 e. The van der Waals surface area contributed by atoms with Crippen molar-refractivity contribution in [2.45, 2.75) is 26.3 Å². The zero-order valence-electron chi connectivity index (χ0n) is 14.1. The monoisotopic (exact) mass is 329 g/mol. The minimum absolute atomic E-state index is 0.0305. The summed E-state index contributed by atoms with van der Waals surface area (Å²) in [6, 6.07) is 7.50. The van der Waals surface area contributed by atoms with E-state index in [2.05, 4.69) is 25.3 Å². The second-order valence-corrected chi connectivity index (χ2v) is 5.95. The van der Waals surface area contributed by atoms with Crippen LogP contribution in [-0.4, -0.2) is 53.2 Å². The molecular formula is C17H23N5O2. The lowest BCUT2D eigenvalue weighted by Crippen LogP contribution is -2.53. The van der Waals surface area contributed by atoms with Crippen LogP contribution in [0.5, 0.6) is 0 Å². The van der Waals surface area contributed by atoms with E-state index in [0.29, 0.717) is 11.6 Å². The van der Waals surface area contributed by atoms with Crippen LogP contribution in [0, 0.1) is 6.92 Å². The number of amides is 1. The fourth-order valence-corrected chi connectivity index (χ4v) is 3.05. The molecule has 3 rings (SSSR count). The number of nitrogens with zero attached hydrogens (tertiary/aromatic N) is 4. The summed E-state index contributed by atoms with van der Waals surface area (Å²) >= 11 is 0. The van der Waals surface area contributed by atoms with Gasteiger partial charge in [-0.2, -0.15) is 0 Å². The first-order valence-corrected chi connectivity index (χ1v) is 8.31. The van der Waals surface area contributed by atoms with Crippen molar-refractivity contribution < 1.29 is 9.32 Å². The Labute approximate surface area is 141 Å². The number of aromatic nitrogens is 2. The molecule has 1 fully saturated rings. The van der Waals surface area contributed by atoms with Crippen molar-refractivity contribution in [2.24, 2.45) is 0 Å². The molecule has 3 heterocycles. The van der Waals surface area contributed by atoms with E-state index < -0.39 is 0 Å². The van der Waals surface area contributed by atoms with E-state index in [1.165, 1.54) is 0 Å². The Morgan fingerprint density at radius 1 is 1.33 bits per heavy atom. The highest BCUT2D eigenvalue weighted by atomic mass is 16.5. The van der Waals surface area contributed by atoms with E-state index in [1.807, 2.05) is 31.3 Å². The van der Waals surface area contributed by atoms with Gasteiger partial charge in [0, 0.05) is 38.4 Å². The highest BCUT2D eigenvalue weighted by Crippen LogP contribution is 2.16. The number of rotatable bonds is 5. The van der Waals surface area contributed by atoms with Crippen molar-refractivity contribution in [3.8, 4) is 0 Å². The molecule has 1 saturated heterocycles. The highest BCUT2D eigenvalue weighted by Gasteiger charge is 2.28. The lowest BCUT2D eigenvalue weighted by Gasteiger charge is -2.38. The first-order chi connectivity index (χ1) is 11.7. The lowest BCUT2D eigenvalue weighted by molar-refractivity contribution is -0.121. The number of aryl methyl sites for hydroxylation is 1. The standard InChI is InChI=1S/C17H23N5O2/c1-3-14(17(23)19-15-12-13(2)24-20-15)21-8-10-22(11-9-21)16-6-4-5-7-18-16/h4-7,12,14H,3,8-11H2,1-2H3,(H,19,20,23). The Kier molecular flexibility index (Phi) is 5.10. The molecular weight excluding hydrogens is 306 g/mol. The van der Waals surface area contributed by atoms with Crippen molar-refractivity contribution in [3.63, 3.8) is 0 Å². The van der Waals surface area contributed by atoms with Crippen molar-refractivity contribution in [1.82, 2.24) is 15.0 Å². The van der Waals surface area contributed by atoms with Crippen LogP contribution in [-0.2, 0) is 4.79 Å². The molecule has 2 aromatic heterocycles. The number of hydrogen-bond acceptors (Lipinski definition) is 6. The normalized spacial score (nSPS) is 16.8. The van der Waals surface area contributed by atoms with E-state index >= 15 is 0 Å². The second kappa shape index (κ2) is 7.44. The molecule has 0 spiro atoms. The average Bonchev–Trinajstić information content (AvgIpc) is 3.02. The van der Waals surface area contributed by atoms with Gasteiger partial charge >= 0.3 is 0 Å². The third-order valence-electron chi connectivity index (χ3n) is 4.30. The zero-order valence-corrected chi connectivity index (χ0v) is 14.1. The summed E-state index contributed by atoms with van der Waals surface area (Å²) in [5, 5.41) is 6.67. The van der Waals surface area contributed by atoms with Crippen molar-refractivity contribution >= 4 is 17.5 Å². The first-order valence-electron chi connectivity index (χ1n) is 8.31. The largest absolute Gasteiger partial charge is 0.360 e. The van der Waals surface area contributed by atoms with E-state index in [4.69, 9.17) is 4.52 Å². The maximum absolute atomic E-state index is 12.5. The fraction of sp³-hybridized carbons (Fsp3) is 0.471. The molecule has 1 N–H and O–H groups in total. The van der Waals surface area contributed by atoms with Crippen LogP contribution in [0.25, 0.3) is 0 Å². The Morgan fingerprint density at radius 2 is 2.12 bits per heavy atom. The molecule has 1 aliphatic rings. The molecule has 1 amide bonds. The van der Waals surface area contributed by atoms with E-state index in [9.17, 15) is 4.79 Å². The average molecular weight is 329 g/mol. The Balaban J connectivity index is 1.58. The van der Waals surface area contributed by atoms with Crippen molar-refractivity contribution in [1.29, 1.82) is 0 Å². The van der Waals surface area contributed by atoms with Gasteiger partial charge in [0.1, 0.15) is 11.6 Å². The molecule has 7 heteroatoms. The number of carbonyl (C=O) groups is 1.